The standard InChI is InChI=1S/C22H25N3O2/c1-15-8-9-19(16(2)12-15)25-14-17(13-21(25)26)22-23-18-6-4-5-7-20(18)24(22)10-11-27-3/h4-9,12,17H,10-11,13-14H2,1-3H3. The van der Waals surface area contributed by atoms with Crippen LogP contribution in [0.15, 0.2) is 42.5 Å². The third-order valence-electron chi connectivity index (χ3n) is 5.34. The molecule has 4 rings (SSSR count). The minimum Gasteiger partial charge on any atom is -0.383 e. The maximum absolute atomic E-state index is 12.8. The van der Waals surface area contributed by atoms with E-state index >= 15 is 0 Å². The lowest BCUT2D eigenvalue weighted by molar-refractivity contribution is -0.117. The summed E-state index contributed by atoms with van der Waals surface area (Å²) < 4.78 is 7.50. The van der Waals surface area contributed by atoms with Gasteiger partial charge >= 0.3 is 0 Å². The molecule has 0 spiro atoms. The van der Waals surface area contributed by atoms with E-state index in [0.717, 1.165) is 34.7 Å². The number of carbonyl (C=O) groups is 1. The molecule has 5 nitrogen and oxygen atoms in total. The predicted molar refractivity (Wildman–Crippen MR) is 107 cm³/mol. The summed E-state index contributed by atoms with van der Waals surface area (Å²) in [5.41, 5.74) is 5.42. The number of ether oxygens (including phenoxy) is 1. The van der Waals surface area contributed by atoms with Crippen LogP contribution in [-0.2, 0) is 16.1 Å². The Morgan fingerprint density at radius 2 is 2.00 bits per heavy atom. The lowest BCUT2D eigenvalue weighted by atomic mass is 10.1. The number of hydrogen-bond acceptors (Lipinski definition) is 3. The Morgan fingerprint density at radius 1 is 1.19 bits per heavy atom. The summed E-state index contributed by atoms with van der Waals surface area (Å²) in [6.07, 6.45) is 0.490. The molecule has 5 heteroatoms. The van der Waals surface area contributed by atoms with Gasteiger partial charge in [0.1, 0.15) is 5.82 Å². The number of anilines is 1. The second kappa shape index (κ2) is 7.16. The molecule has 2 aromatic carbocycles. The van der Waals surface area contributed by atoms with Gasteiger partial charge < -0.3 is 14.2 Å². The van der Waals surface area contributed by atoms with Crippen LogP contribution in [0.1, 0.15) is 29.3 Å². The second-order valence-corrected chi connectivity index (χ2v) is 7.30. The first kappa shape index (κ1) is 17.7. The van der Waals surface area contributed by atoms with Crippen LogP contribution in [0.3, 0.4) is 0 Å². The average molecular weight is 363 g/mol. The third-order valence-corrected chi connectivity index (χ3v) is 5.34. The number of amides is 1. The van der Waals surface area contributed by atoms with Gasteiger partial charge in [-0.25, -0.2) is 4.98 Å². The van der Waals surface area contributed by atoms with E-state index in [1.54, 1.807) is 7.11 Å². The zero-order chi connectivity index (χ0) is 19.0. The zero-order valence-corrected chi connectivity index (χ0v) is 16.1. The average Bonchev–Trinajstić information content (AvgIpc) is 3.20. The van der Waals surface area contributed by atoms with Crippen molar-refractivity contribution in [2.75, 3.05) is 25.2 Å². The Bertz CT molecular complexity index is 992. The first-order valence-corrected chi connectivity index (χ1v) is 9.40. The molecule has 0 N–H and O–H groups in total. The van der Waals surface area contributed by atoms with Crippen molar-refractivity contribution in [2.24, 2.45) is 0 Å². The molecule has 27 heavy (non-hydrogen) atoms. The molecule has 1 aliphatic heterocycles. The van der Waals surface area contributed by atoms with E-state index in [-0.39, 0.29) is 11.8 Å². The summed E-state index contributed by atoms with van der Waals surface area (Å²) >= 11 is 0. The van der Waals surface area contributed by atoms with Crippen molar-refractivity contribution in [2.45, 2.75) is 32.7 Å². The lowest BCUT2D eigenvalue weighted by Crippen LogP contribution is -2.25. The summed E-state index contributed by atoms with van der Waals surface area (Å²) in [5.74, 6) is 1.23. The Labute approximate surface area is 159 Å². The smallest absolute Gasteiger partial charge is 0.227 e. The number of nitrogens with zero attached hydrogens (tertiary/aromatic N) is 3. The van der Waals surface area contributed by atoms with E-state index < -0.39 is 0 Å². The number of carbonyl (C=O) groups excluding carboxylic acids is 1. The Morgan fingerprint density at radius 3 is 2.78 bits per heavy atom. The van der Waals surface area contributed by atoms with Crippen LogP contribution < -0.4 is 4.90 Å². The maximum Gasteiger partial charge on any atom is 0.227 e. The van der Waals surface area contributed by atoms with Gasteiger partial charge in [-0.3, -0.25) is 4.79 Å². The van der Waals surface area contributed by atoms with Crippen molar-refractivity contribution in [3.8, 4) is 0 Å². The van der Waals surface area contributed by atoms with E-state index in [2.05, 4.69) is 42.7 Å². The molecule has 0 saturated carbocycles. The number of para-hydroxylation sites is 2. The molecule has 1 saturated heterocycles. The van der Waals surface area contributed by atoms with Gasteiger partial charge in [0.2, 0.25) is 5.91 Å². The van der Waals surface area contributed by atoms with E-state index in [1.807, 2.05) is 23.1 Å². The zero-order valence-electron chi connectivity index (χ0n) is 16.1. The van der Waals surface area contributed by atoms with Gasteiger partial charge in [-0.15, -0.1) is 0 Å². The van der Waals surface area contributed by atoms with Crippen LogP contribution in [-0.4, -0.2) is 35.7 Å². The molecular weight excluding hydrogens is 338 g/mol. The normalized spacial score (nSPS) is 17.2. The number of fused-ring (bicyclic) bond motifs is 1. The highest BCUT2D eigenvalue weighted by atomic mass is 16.5. The van der Waals surface area contributed by atoms with Crippen LogP contribution in [0.25, 0.3) is 11.0 Å². The van der Waals surface area contributed by atoms with E-state index in [4.69, 9.17) is 9.72 Å². The number of methoxy groups -OCH3 is 1. The summed E-state index contributed by atoms with van der Waals surface area (Å²) in [5, 5.41) is 0. The van der Waals surface area contributed by atoms with Gasteiger partial charge in [0, 0.05) is 38.2 Å². The van der Waals surface area contributed by atoms with Crippen molar-refractivity contribution in [3.63, 3.8) is 0 Å². The second-order valence-electron chi connectivity index (χ2n) is 7.30. The van der Waals surface area contributed by atoms with Crippen molar-refractivity contribution in [3.05, 3.63) is 59.4 Å². The molecule has 1 unspecified atom stereocenters. The van der Waals surface area contributed by atoms with Gasteiger partial charge in [0.05, 0.1) is 17.6 Å². The van der Waals surface area contributed by atoms with Crippen molar-refractivity contribution in [1.29, 1.82) is 0 Å². The number of imidazole rings is 1. The van der Waals surface area contributed by atoms with Gasteiger partial charge in [0.25, 0.3) is 0 Å². The third kappa shape index (κ3) is 3.23. The molecule has 3 aromatic rings. The lowest BCUT2D eigenvalue weighted by Gasteiger charge is -2.20. The van der Waals surface area contributed by atoms with E-state index in [1.165, 1.54) is 5.56 Å². The highest BCUT2D eigenvalue weighted by Crippen LogP contribution is 2.34. The first-order valence-electron chi connectivity index (χ1n) is 9.40. The maximum atomic E-state index is 12.8. The topological polar surface area (TPSA) is 47.4 Å². The number of benzene rings is 2. The quantitative estimate of drug-likeness (QED) is 0.692. The largest absolute Gasteiger partial charge is 0.383 e. The fourth-order valence-electron chi connectivity index (χ4n) is 4.04. The van der Waals surface area contributed by atoms with E-state index in [0.29, 0.717) is 19.6 Å². The van der Waals surface area contributed by atoms with Gasteiger partial charge in [0.15, 0.2) is 0 Å². The van der Waals surface area contributed by atoms with Gasteiger partial charge in [-0.05, 0) is 37.6 Å². The molecule has 0 aliphatic carbocycles. The molecule has 0 bridgehead atoms. The van der Waals surface area contributed by atoms with Crippen molar-refractivity contribution >= 4 is 22.6 Å². The number of rotatable bonds is 5. The molecule has 1 fully saturated rings. The Kier molecular flexibility index (Phi) is 4.70. The highest BCUT2D eigenvalue weighted by molar-refractivity contribution is 5.97. The monoisotopic (exact) mass is 363 g/mol. The minimum atomic E-state index is 0.0856. The van der Waals surface area contributed by atoms with Gasteiger partial charge in [-0.2, -0.15) is 0 Å². The van der Waals surface area contributed by atoms with Crippen LogP contribution in [0.2, 0.25) is 0 Å². The first-order chi connectivity index (χ1) is 13.1. The molecule has 1 atom stereocenters. The highest BCUT2D eigenvalue weighted by Gasteiger charge is 2.35. The van der Waals surface area contributed by atoms with Crippen molar-refractivity contribution in [1.82, 2.24) is 9.55 Å². The fraction of sp³-hybridized carbons (Fsp3) is 0.364. The van der Waals surface area contributed by atoms with Crippen molar-refractivity contribution < 1.29 is 9.53 Å². The Balaban J connectivity index is 1.69. The summed E-state index contributed by atoms with van der Waals surface area (Å²) in [4.78, 5) is 19.6. The number of aromatic nitrogens is 2. The van der Waals surface area contributed by atoms with Crippen LogP contribution in [0.4, 0.5) is 5.69 Å². The molecule has 0 radical (unpaired) electrons. The van der Waals surface area contributed by atoms with Crippen LogP contribution >= 0.6 is 0 Å². The Hall–Kier alpha value is -2.66. The summed E-state index contributed by atoms with van der Waals surface area (Å²) in [6.45, 7) is 6.16. The molecule has 140 valence electrons. The fourth-order valence-corrected chi connectivity index (χ4v) is 4.04. The SMILES string of the molecule is COCCn1c(C2CC(=O)N(c3ccc(C)cc3C)C2)nc2ccccc21. The molecule has 1 aromatic heterocycles. The molecule has 1 amide bonds. The molecular formula is C22H25N3O2. The molecule has 1 aliphatic rings. The number of hydrogen-bond donors (Lipinski definition) is 0. The summed E-state index contributed by atoms with van der Waals surface area (Å²) in [6, 6.07) is 14.4. The number of aryl methyl sites for hydroxylation is 2. The van der Waals surface area contributed by atoms with Crippen LogP contribution in [0.5, 0.6) is 0 Å². The van der Waals surface area contributed by atoms with Gasteiger partial charge in [-0.1, -0.05) is 29.8 Å². The molecule has 2 heterocycles. The summed E-state index contributed by atoms with van der Waals surface area (Å²) in [7, 11) is 1.71. The minimum absolute atomic E-state index is 0.0856. The van der Waals surface area contributed by atoms with Crippen LogP contribution in [0, 0.1) is 13.8 Å². The predicted octanol–water partition coefficient (Wildman–Crippen LogP) is 3.82. The van der Waals surface area contributed by atoms with E-state index in [9.17, 15) is 4.79 Å².